The van der Waals surface area contributed by atoms with E-state index in [2.05, 4.69) is 5.32 Å². The summed E-state index contributed by atoms with van der Waals surface area (Å²) in [5.74, 6) is 0.0533. The molecule has 1 atom stereocenters. The molecule has 0 aliphatic carbocycles. The van der Waals surface area contributed by atoms with Crippen molar-refractivity contribution in [2.45, 2.75) is 11.3 Å². The van der Waals surface area contributed by atoms with Gasteiger partial charge in [0.15, 0.2) is 0 Å². The van der Waals surface area contributed by atoms with E-state index in [0.717, 1.165) is 6.42 Å². The van der Waals surface area contributed by atoms with Gasteiger partial charge in [-0.1, -0.05) is 0 Å². The van der Waals surface area contributed by atoms with Gasteiger partial charge in [0.2, 0.25) is 10.0 Å². The van der Waals surface area contributed by atoms with Gasteiger partial charge in [0.25, 0.3) is 5.91 Å². The molecule has 1 fully saturated rings. The summed E-state index contributed by atoms with van der Waals surface area (Å²) in [6.45, 7) is 1.83. The molecule has 0 spiro atoms. The van der Waals surface area contributed by atoms with Gasteiger partial charge in [-0.3, -0.25) is 4.79 Å². The van der Waals surface area contributed by atoms with E-state index in [0.29, 0.717) is 25.7 Å². The number of hydrogen-bond acceptors (Lipinski definition) is 5. The summed E-state index contributed by atoms with van der Waals surface area (Å²) in [5.41, 5.74) is 0.221. The molecule has 116 valence electrons. The number of amides is 1. The fourth-order valence-electron chi connectivity index (χ4n) is 2.12. The third-order valence-corrected chi connectivity index (χ3v) is 4.24. The highest BCUT2D eigenvalue weighted by atomic mass is 32.2. The number of sulfonamides is 1. The first-order valence-corrected chi connectivity index (χ1v) is 8.03. The lowest BCUT2D eigenvalue weighted by Gasteiger charge is -2.11. The summed E-state index contributed by atoms with van der Waals surface area (Å²) in [6.07, 6.45) is 0.908. The van der Waals surface area contributed by atoms with E-state index in [1.807, 2.05) is 0 Å². The Balaban J connectivity index is 2.13. The van der Waals surface area contributed by atoms with Gasteiger partial charge < -0.3 is 14.8 Å². The molecule has 1 aromatic carbocycles. The third kappa shape index (κ3) is 3.93. The van der Waals surface area contributed by atoms with Crippen molar-refractivity contribution in [2.24, 2.45) is 11.1 Å². The normalized spacial score (nSPS) is 18.5. The van der Waals surface area contributed by atoms with Crippen LogP contribution >= 0.6 is 0 Å². The Morgan fingerprint density at radius 3 is 2.86 bits per heavy atom. The highest BCUT2D eigenvalue weighted by Crippen LogP contribution is 2.23. The number of nitrogens with two attached hydrogens (primary N) is 1. The Kier molecular flexibility index (Phi) is 4.81. The molecular formula is C13H18N2O5S. The lowest BCUT2D eigenvalue weighted by molar-refractivity contribution is 0.0944. The Bertz CT molecular complexity index is 623. The largest absolute Gasteiger partial charge is 0.495 e. The first-order valence-electron chi connectivity index (χ1n) is 6.48. The lowest BCUT2D eigenvalue weighted by Crippen LogP contribution is -2.29. The number of nitrogens with one attached hydrogen (secondary N) is 1. The highest BCUT2D eigenvalue weighted by Gasteiger charge is 2.20. The van der Waals surface area contributed by atoms with Gasteiger partial charge in [0, 0.05) is 24.6 Å². The molecule has 7 nitrogen and oxygen atoms in total. The Morgan fingerprint density at radius 1 is 1.52 bits per heavy atom. The van der Waals surface area contributed by atoms with Crippen LogP contribution in [0.4, 0.5) is 0 Å². The van der Waals surface area contributed by atoms with Crippen LogP contribution in [-0.4, -0.2) is 41.2 Å². The number of primary sulfonamides is 1. The average molecular weight is 314 g/mol. The molecule has 1 aromatic rings. The van der Waals surface area contributed by atoms with Gasteiger partial charge >= 0.3 is 0 Å². The maximum Gasteiger partial charge on any atom is 0.251 e. The summed E-state index contributed by atoms with van der Waals surface area (Å²) in [4.78, 5) is 11.8. The van der Waals surface area contributed by atoms with Crippen molar-refractivity contribution in [3.05, 3.63) is 23.8 Å². The highest BCUT2D eigenvalue weighted by molar-refractivity contribution is 7.89. The summed E-state index contributed by atoms with van der Waals surface area (Å²) in [6, 6.07) is 4.12. The number of rotatable bonds is 5. The van der Waals surface area contributed by atoms with E-state index in [9.17, 15) is 13.2 Å². The van der Waals surface area contributed by atoms with Gasteiger partial charge in [-0.2, -0.15) is 0 Å². The Morgan fingerprint density at radius 2 is 2.29 bits per heavy atom. The zero-order chi connectivity index (χ0) is 15.5. The number of ether oxygens (including phenoxy) is 2. The number of methoxy groups -OCH3 is 1. The van der Waals surface area contributed by atoms with E-state index in [4.69, 9.17) is 14.6 Å². The van der Waals surface area contributed by atoms with E-state index < -0.39 is 10.0 Å². The first kappa shape index (κ1) is 15.7. The van der Waals surface area contributed by atoms with Crippen molar-refractivity contribution in [3.8, 4) is 5.75 Å². The number of carbonyl (C=O) groups is 1. The van der Waals surface area contributed by atoms with Crippen LogP contribution in [0.2, 0.25) is 0 Å². The predicted molar refractivity (Wildman–Crippen MR) is 75.6 cm³/mol. The second kappa shape index (κ2) is 6.42. The van der Waals surface area contributed by atoms with Crippen LogP contribution in [-0.2, 0) is 14.8 Å². The fraction of sp³-hybridized carbons (Fsp3) is 0.462. The molecule has 1 aliphatic heterocycles. The molecule has 8 heteroatoms. The predicted octanol–water partition coefficient (Wildman–Crippen LogP) is 0.109. The van der Waals surface area contributed by atoms with Crippen LogP contribution in [0.25, 0.3) is 0 Å². The second-order valence-corrected chi connectivity index (χ2v) is 6.38. The molecule has 1 aliphatic rings. The van der Waals surface area contributed by atoms with Crippen LogP contribution in [0.15, 0.2) is 23.1 Å². The van der Waals surface area contributed by atoms with Crippen LogP contribution < -0.4 is 15.2 Å². The van der Waals surface area contributed by atoms with E-state index in [1.165, 1.54) is 25.3 Å². The van der Waals surface area contributed by atoms with Crippen molar-refractivity contribution in [2.75, 3.05) is 26.9 Å². The van der Waals surface area contributed by atoms with Gasteiger partial charge in [-0.15, -0.1) is 0 Å². The number of carbonyl (C=O) groups excluding carboxylic acids is 1. The maximum atomic E-state index is 12.1. The van der Waals surface area contributed by atoms with Crippen molar-refractivity contribution in [1.29, 1.82) is 0 Å². The number of benzene rings is 1. The number of hydrogen-bond donors (Lipinski definition) is 2. The summed E-state index contributed by atoms with van der Waals surface area (Å²) in [5, 5.41) is 7.88. The van der Waals surface area contributed by atoms with E-state index >= 15 is 0 Å². The minimum atomic E-state index is -3.96. The average Bonchev–Trinajstić information content (AvgIpc) is 2.96. The molecule has 1 heterocycles. The standard InChI is InChI=1S/C13H18N2O5S/c1-19-11-3-2-10(6-12(11)21(14,17)18)13(16)15-7-9-4-5-20-8-9/h2-3,6,9H,4-5,7-8H2,1H3,(H,15,16)(H2,14,17,18). The van der Waals surface area contributed by atoms with Gasteiger partial charge in [0.1, 0.15) is 10.6 Å². The summed E-state index contributed by atoms with van der Waals surface area (Å²) < 4.78 is 33.2. The molecule has 0 bridgehead atoms. The summed E-state index contributed by atoms with van der Waals surface area (Å²) in [7, 11) is -2.62. The minimum Gasteiger partial charge on any atom is -0.495 e. The second-order valence-electron chi connectivity index (χ2n) is 4.85. The molecule has 1 unspecified atom stereocenters. The molecule has 0 radical (unpaired) electrons. The van der Waals surface area contributed by atoms with E-state index in [1.54, 1.807) is 0 Å². The molecule has 3 N–H and O–H groups in total. The molecule has 1 amide bonds. The van der Waals surface area contributed by atoms with Crippen molar-refractivity contribution in [3.63, 3.8) is 0 Å². The third-order valence-electron chi connectivity index (χ3n) is 3.31. The van der Waals surface area contributed by atoms with Gasteiger partial charge in [-0.05, 0) is 24.6 Å². The first-order chi connectivity index (χ1) is 9.91. The molecule has 2 rings (SSSR count). The minimum absolute atomic E-state index is 0.109. The Labute approximate surface area is 123 Å². The van der Waals surface area contributed by atoms with Crippen molar-refractivity contribution >= 4 is 15.9 Å². The molecule has 1 saturated heterocycles. The zero-order valence-electron chi connectivity index (χ0n) is 11.7. The molecule has 21 heavy (non-hydrogen) atoms. The lowest BCUT2D eigenvalue weighted by atomic mass is 10.1. The Hall–Kier alpha value is -1.64. The fourth-order valence-corrected chi connectivity index (χ4v) is 2.85. The molecule has 0 saturated carbocycles. The van der Waals surface area contributed by atoms with Gasteiger partial charge in [-0.25, -0.2) is 13.6 Å². The van der Waals surface area contributed by atoms with Crippen LogP contribution in [0.5, 0.6) is 5.75 Å². The van der Waals surface area contributed by atoms with Crippen LogP contribution in [0.3, 0.4) is 0 Å². The molecule has 0 aromatic heterocycles. The maximum absolute atomic E-state index is 12.1. The quantitative estimate of drug-likeness (QED) is 0.802. The van der Waals surface area contributed by atoms with Crippen molar-refractivity contribution < 1.29 is 22.7 Å². The van der Waals surface area contributed by atoms with Crippen molar-refractivity contribution in [1.82, 2.24) is 5.32 Å². The smallest absolute Gasteiger partial charge is 0.251 e. The van der Waals surface area contributed by atoms with Gasteiger partial charge in [0.05, 0.1) is 13.7 Å². The van der Waals surface area contributed by atoms with E-state index in [-0.39, 0.29) is 22.1 Å². The monoisotopic (exact) mass is 314 g/mol. The zero-order valence-corrected chi connectivity index (χ0v) is 12.5. The van der Waals surface area contributed by atoms with Crippen LogP contribution in [0, 0.1) is 5.92 Å². The SMILES string of the molecule is COc1ccc(C(=O)NCC2CCOC2)cc1S(N)(=O)=O. The van der Waals surface area contributed by atoms with Crippen LogP contribution in [0.1, 0.15) is 16.8 Å². The summed E-state index contributed by atoms with van der Waals surface area (Å²) >= 11 is 0. The molecular weight excluding hydrogens is 296 g/mol. The topological polar surface area (TPSA) is 108 Å².